The van der Waals surface area contributed by atoms with Crippen molar-refractivity contribution in [2.45, 2.75) is 12.0 Å². The van der Waals surface area contributed by atoms with Gasteiger partial charge in [-0.3, -0.25) is 0 Å². The Hall–Kier alpha value is -1.13. The molecule has 0 radical (unpaired) electrons. The lowest BCUT2D eigenvalue weighted by Crippen LogP contribution is -2.46. The first kappa shape index (κ1) is 9.43. The molecule has 1 aliphatic heterocycles. The predicted molar refractivity (Wildman–Crippen MR) is 55.1 cm³/mol. The number of aromatic nitrogens is 1. The van der Waals surface area contributed by atoms with Crippen molar-refractivity contribution in [2.75, 3.05) is 25.1 Å². The van der Waals surface area contributed by atoms with Crippen molar-refractivity contribution in [1.82, 2.24) is 4.98 Å². The highest BCUT2D eigenvalue weighted by Gasteiger charge is 2.33. The number of hydrogen-bond donors (Lipinski definition) is 2. The first-order valence-electron chi connectivity index (χ1n) is 4.82. The maximum Gasteiger partial charge on any atom is 0.126 e. The van der Waals surface area contributed by atoms with E-state index >= 15 is 0 Å². The Labute approximate surface area is 83.5 Å². The van der Waals surface area contributed by atoms with Crippen LogP contribution in [0, 0.1) is 0 Å². The second-order valence-electron chi connectivity index (χ2n) is 3.63. The fourth-order valence-electron chi connectivity index (χ4n) is 1.63. The van der Waals surface area contributed by atoms with Crippen molar-refractivity contribution in [1.29, 1.82) is 0 Å². The molecule has 1 saturated heterocycles. The summed E-state index contributed by atoms with van der Waals surface area (Å²) in [5.74, 6) is 0.864. The number of pyridine rings is 1. The van der Waals surface area contributed by atoms with E-state index in [1.165, 1.54) is 0 Å². The lowest BCUT2D eigenvalue weighted by Gasteiger charge is -2.27. The number of hydrogen-bond acceptors (Lipinski definition) is 4. The largest absolute Gasteiger partial charge is 0.379 e. The van der Waals surface area contributed by atoms with E-state index in [9.17, 15) is 0 Å². The maximum atomic E-state index is 5.75. The Morgan fingerprint density at radius 3 is 3.07 bits per heavy atom. The molecule has 14 heavy (non-hydrogen) atoms. The summed E-state index contributed by atoms with van der Waals surface area (Å²) in [6, 6.07) is 5.79. The van der Waals surface area contributed by atoms with Crippen LogP contribution in [0.15, 0.2) is 24.4 Å². The van der Waals surface area contributed by atoms with E-state index in [-0.39, 0.29) is 5.54 Å². The third-order valence-electron chi connectivity index (χ3n) is 2.55. The van der Waals surface area contributed by atoms with E-state index < -0.39 is 0 Å². The monoisotopic (exact) mass is 193 g/mol. The Kier molecular flexibility index (Phi) is 2.65. The maximum absolute atomic E-state index is 5.75. The van der Waals surface area contributed by atoms with Gasteiger partial charge in [0.1, 0.15) is 5.82 Å². The molecular weight excluding hydrogens is 178 g/mol. The number of nitrogens with two attached hydrogens (primary N) is 1. The SMILES string of the molecule is NCC1(Nc2ccccn2)CCOC1. The molecule has 0 aromatic carbocycles. The summed E-state index contributed by atoms with van der Waals surface area (Å²) in [5.41, 5.74) is 5.63. The number of nitrogens with one attached hydrogen (secondary N) is 1. The predicted octanol–water partition coefficient (Wildman–Crippen LogP) is 0.611. The van der Waals surface area contributed by atoms with Gasteiger partial charge in [-0.05, 0) is 18.6 Å². The smallest absolute Gasteiger partial charge is 0.126 e. The highest BCUT2D eigenvalue weighted by Crippen LogP contribution is 2.21. The molecule has 1 fully saturated rings. The van der Waals surface area contributed by atoms with Crippen molar-refractivity contribution >= 4 is 5.82 Å². The normalized spacial score (nSPS) is 26.4. The molecular formula is C10H15N3O. The second-order valence-corrected chi connectivity index (χ2v) is 3.63. The van der Waals surface area contributed by atoms with Crippen molar-refractivity contribution in [3.63, 3.8) is 0 Å². The average Bonchev–Trinajstić information content (AvgIpc) is 2.69. The number of rotatable bonds is 3. The second kappa shape index (κ2) is 3.94. The molecule has 0 bridgehead atoms. The van der Waals surface area contributed by atoms with Gasteiger partial charge in [0.25, 0.3) is 0 Å². The van der Waals surface area contributed by atoms with Gasteiger partial charge in [-0.2, -0.15) is 0 Å². The standard InChI is InChI=1S/C10H15N3O/c11-7-10(4-6-14-8-10)13-9-3-1-2-5-12-9/h1-3,5H,4,6-8,11H2,(H,12,13). The van der Waals surface area contributed by atoms with Crippen LogP contribution in [-0.2, 0) is 4.74 Å². The van der Waals surface area contributed by atoms with Crippen molar-refractivity contribution in [3.05, 3.63) is 24.4 Å². The van der Waals surface area contributed by atoms with Gasteiger partial charge in [0.15, 0.2) is 0 Å². The van der Waals surface area contributed by atoms with Crippen LogP contribution in [0.5, 0.6) is 0 Å². The van der Waals surface area contributed by atoms with E-state index in [1.807, 2.05) is 18.2 Å². The van der Waals surface area contributed by atoms with Crippen LogP contribution in [0.1, 0.15) is 6.42 Å². The molecule has 3 N–H and O–H groups in total. The lowest BCUT2D eigenvalue weighted by molar-refractivity contribution is 0.183. The van der Waals surface area contributed by atoms with Crippen LogP contribution in [-0.4, -0.2) is 30.3 Å². The Morgan fingerprint density at radius 1 is 1.57 bits per heavy atom. The van der Waals surface area contributed by atoms with Gasteiger partial charge in [0.2, 0.25) is 0 Å². The third-order valence-corrected chi connectivity index (χ3v) is 2.55. The molecule has 4 heteroatoms. The molecule has 0 spiro atoms. The van der Waals surface area contributed by atoms with E-state index in [0.717, 1.165) is 18.8 Å². The van der Waals surface area contributed by atoms with Gasteiger partial charge in [-0.25, -0.2) is 4.98 Å². The summed E-state index contributed by atoms with van der Waals surface area (Å²) in [6.07, 6.45) is 2.71. The van der Waals surface area contributed by atoms with Gasteiger partial charge < -0.3 is 15.8 Å². The summed E-state index contributed by atoms with van der Waals surface area (Å²) in [5, 5.41) is 3.34. The van der Waals surface area contributed by atoms with Gasteiger partial charge in [0, 0.05) is 19.3 Å². The van der Waals surface area contributed by atoms with Crippen LogP contribution >= 0.6 is 0 Å². The average molecular weight is 193 g/mol. The first-order valence-corrected chi connectivity index (χ1v) is 4.82. The summed E-state index contributed by atoms with van der Waals surface area (Å²) >= 11 is 0. The molecule has 1 unspecified atom stereocenters. The van der Waals surface area contributed by atoms with Crippen molar-refractivity contribution in [2.24, 2.45) is 5.73 Å². The highest BCUT2D eigenvalue weighted by molar-refractivity contribution is 5.37. The number of ether oxygens (including phenoxy) is 1. The fourth-order valence-corrected chi connectivity index (χ4v) is 1.63. The van der Waals surface area contributed by atoms with Crippen LogP contribution < -0.4 is 11.1 Å². The lowest BCUT2D eigenvalue weighted by atomic mass is 9.99. The van der Waals surface area contributed by atoms with Gasteiger partial charge >= 0.3 is 0 Å². The zero-order valence-electron chi connectivity index (χ0n) is 8.07. The van der Waals surface area contributed by atoms with Gasteiger partial charge in [-0.1, -0.05) is 6.07 Å². The topological polar surface area (TPSA) is 60.2 Å². The van der Waals surface area contributed by atoms with Gasteiger partial charge in [-0.15, -0.1) is 0 Å². The van der Waals surface area contributed by atoms with Crippen molar-refractivity contribution < 1.29 is 4.74 Å². The summed E-state index contributed by atoms with van der Waals surface area (Å²) in [7, 11) is 0. The zero-order valence-corrected chi connectivity index (χ0v) is 8.07. The Morgan fingerprint density at radius 2 is 2.50 bits per heavy atom. The molecule has 4 nitrogen and oxygen atoms in total. The molecule has 1 aromatic heterocycles. The minimum absolute atomic E-state index is 0.117. The molecule has 0 amide bonds. The third kappa shape index (κ3) is 1.86. The van der Waals surface area contributed by atoms with Gasteiger partial charge in [0.05, 0.1) is 12.1 Å². The van der Waals surface area contributed by atoms with E-state index in [1.54, 1.807) is 6.20 Å². The minimum Gasteiger partial charge on any atom is -0.379 e. The molecule has 76 valence electrons. The molecule has 1 aromatic rings. The summed E-state index contributed by atoms with van der Waals surface area (Å²) < 4.78 is 5.35. The van der Waals surface area contributed by atoms with Crippen LogP contribution in [0.2, 0.25) is 0 Å². The molecule has 1 aliphatic rings. The van der Waals surface area contributed by atoms with E-state index in [2.05, 4.69) is 10.3 Å². The Balaban J connectivity index is 2.08. The van der Waals surface area contributed by atoms with E-state index in [4.69, 9.17) is 10.5 Å². The fraction of sp³-hybridized carbons (Fsp3) is 0.500. The molecule has 0 saturated carbocycles. The molecule has 1 atom stereocenters. The van der Waals surface area contributed by atoms with E-state index in [0.29, 0.717) is 13.2 Å². The quantitative estimate of drug-likeness (QED) is 0.738. The summed E-state index contributed by atoms with van der Waals surface area (Å²) in [4.78, 5) is 4.21. The van der Waals surface area contributed by atoms with Crippen molar-refractivity contribution in [3.8, 4) is 0 Å². The Bertz CT molecular complexity index is 283. The molecule has 0 aliphatic carbocycles. The highest BCUT2D eigenvalue weighted by atomic mass is 16.5. The first-order chi connectivity index (χ1) is 6.85. The number of anilines is 1. The molecule has 2 rings (SSSR count). The minimum atomic E-state index is -0.117. The number of nitrogens with zero attached hydrogens (tertiary/aromatic N) is 1. The van der Waals surface area contributed by atoms with Crippen LogP contribution in [0.3, 0.4) is 0 Å². The molecule has 2 heterocycles. The zero-order chi connectivity index (χ0) is 9.86. The van der Waals surface area contributed by atoms with Crippen LogP contribution in [0.25, 0.3) is 0 Å². The van der Waals surface area contributed by atoms with Crippen LogP contribution in [0.4, 0.5) is 5.82 Å². The summed E-state index contributed by atoms with van der Waals surface area (Å²) in [6.45, 7) is 2.01.